The zero-order valence-electron chi connectivity index (χ0n) is 15.1. The standard InChI is InChI=1S/C21H24N4O/c1-2-17-13-18-6-5-16(12-20(18)23-21(17)26)15-24-8-10-25(11-9-24)19-4-3-7-22-14-19/h3-7,12-14H,2,8-11,15H2,1H3,(H,23,26). The average Bonchev–Trinajstić information content (AvgIpc) is 2.69. The second-order valence-electron chi connectivity index (χ2n) is 6.87. The van der Waals surface area contributed by atoms with Crippen LogP contribution in [0.15, 0.2) is 53.6 Å². The first-order valence-corrected chi connectivity index (χ1v) is 9.25. The average molecular weight is 348 g/mol. The normalized spacial score (nSPS) is 15.5. The summed E-state index contributed by atoms with van der Waals surface area (Å²) < 4.78 is 0. The van der Waals surface area contributed by atoms with Gasteiger partial charge in [-0.15, -0.1) is 0 Å². The zero-order chi connectivity index (χ0) is 17.9. The second-order valence-corrected chi connectivity index (χ2v) is 6.87. The lowest BCUT2D eigenvalue weighted by molar-refractivity contribution is 0.250. The topological polar surface area (TPSA) is 52.2 Å². The second kappa shape index (κ2) is 7.30. The minimum atomic E-state index is 0.0298. The lowest BCUT2D eigenvalue weighted by Gasteiger charge is -2.36. The van der Waals surface area contributed by atoms with Gasteiger partial charge < -0.3 is 9.88 Å². The van der Waals surface area contributed by atoms with Crippen molar-refractivity contribution < 1.29 is 0 Å². The first kappa shape index (κ1) is 16.8. The van der Waals surface area contributed by atoms with Crippen molar-refractivity contribution in [2.24, 2.45) is 0 Å². The molecule has 1 aromatic carbocycles. The van der Waals surface area contributed by atoms with Crippen LogP contribution in [0.2, 0.25) is 0 Å². The highest BCUT2D eigenvalue weighted by atomic mass is 16.1. The molecular weight excluding hydrogens is 324 g/mol. The number of fused-ring (bicyclic) bond motifs is 1. The van der Waals surface area contributed by atoms with Crippen LogP contribution in [0.4, 0.5) is 5.69 Å². The fourth-order valence-electron chi connectivity index (χ4n) is 3.62. The lowest BCUT2D eigenvalue weighted by Crippen LogP contribution is -2.46. The van der Waals surface area contributed by atoms with Crippen molar-refractivity contribution in [3.63, 3.8) is 0 Å². The Bertz CT molecular complexity index is 943. The molecule has 1 N–H and O–H groups in total. The molecule has 1 saturated heterocycles. The summed E-state index contributed by atoms with van der Waals surface area (Å²) in [6.45, 7) is 6.99. The van der Waals surface area contributed by atoms with Crippen molar-refractivity contribution in [1.29, 1.82) is 0 Å². The van der Waals surface area contributed by atoms with E-state index in [2.05, 4.69) is 44.0 Å². The van der Waals surface area contributed by atoms with Crippen molar-refractivity contribution in [2.45, 2.75) is 19.9 Å². The third-order valence-corrected chi connectivity index (χ3v) is 5.16. The third kappa shape index (κ3) is 3.48. The van der Waals surface area contributed by atoms with Crippen LogP contribution in [-0.4, -0.2) is 41.0 Å². The number of hydrogen-bond acceptors (Lipinski definition) is 4. The number of benzene rings is 1. The first-order valence-electron chi connectivity index (χ1n) is 9.25. The molecule has 0 spiro atoms. The van der Waals surface area contributed by atoms with Gasteiger partial charge in [0, 0.05) is 50.0 Å². The Morgan fingerprint density at radius 3 is 2.69 bits per heavy atom. The Kier molecular flexibility index (Phi) is 4.71. The van der Waals surface area contributed by atoms with Gasteiger partial charge in [-0.05, 0) is 41.6 Å². The number of anilines is 1. The number of H-pyrrole nitrogens is 1. The number of rotatable bonds is 4. The number of aromatic nitrogens is 2. The summed E-state index contributed by atoms with van der Waals surface area (Å²) in [6, 6.07) is 12.5. The molecule has 2 aromatic heterocycles. The van der Waals surface area contributed by atoms with Crippen molar-refractivity contribution in [3.05, 3.63) is 70.3 Å². The Hall–Kier alpha value is -2.66. The molecule has 0 unspecified atom stereocenters. The number of nitrogens with one attached hydrogen (secondary N) is 1. The molecule has 0 aliphatic carbocycles. The molecule has 0 saturated carbocycles. The summed E-state index contributed by atoms with van der Waals surface area (Å²) in [6.07, 6.45) is 4.50. The largest absolute Gasteiger partial charge is 0.368 e. The van der Waals surface area contributed by atoms with Crippen LogP contribution in [0.1, 0.15) is 18.1 Å². The molecule has 26 heavy (non-hydrogen) atoms. The van der Waals surface area contributed by atoms with E-state index in [0.717, 1.165) is 55.6 Å². The third-order valence-electron chi connectivity index (χ3n) is 5.16. The van der Waals surface area contributed by atoms with Crippen LogP contribution in [0, 0.1) is 0 Å². The molecule has 134 valence electrons. The van der Waals surface area contributed by atoms with E-state index in [1.54, 1.807) is 0 Å². The predicted octanol–water partition coefficient (Wildman–Crippen LogP) is 2.81. The van der Waals surface area contributed by atoms with Gasteiger partial charge in [-0.1, -0.05) is 19.1 Å². The van der Waals surface area contributed by atoms with Gasteiger partial charge in [0.25, 0.3) is 5.56 Å². The number of pyridine rings is 2. The molecule has 5 nitrogen and oxygen atoms in total. The minimum absolute atomic E-state index is 0.0298. The Morgan fingerprint density at radius 2 is 1.96 bits per heavy atom. The number of piperazine rings is 1. The van der Waals surface area contributed by atoms with E-state index < -0.39 is 0 Å². The molecule has 1 fully saturated rings. The number of aryl methyl sites for hydroxylation is 1. The van der Waals surface area contributed by atoms with Gasteiger partial charge in [0.05, 0.1) is 11.9 Å². The molecule has 0 amide bonds. The predicted molar refractivity (Wildman–Crippen MR) is 106 cm³/mol. The van der Waals surface area contributed by atoms with E-state index in [9.17, 15) is 4.79 Å². The molecule has 3 heterocycles. The van der Waals surface area contributed by atoms with Crippen LogP contribution in [0.5, 0.6) is 0 Å². The fourth-order valence-corrected chi connectivity index (χ4v) is 3.62. The van der Waals surface area contributed by atoms with Crippen LogP contribution in [0.3, 0.4) is 0 Å². The van der Waals surface area contributed by atoms with Gasteiger partial charge in [0.1, 0.15) is 0 Å². The summed E-state index contributed by atoms with van der Waals surface area (Å²) in [7, 11) is 0. The molecule has 4 rings (SSSR count). The molecule has 1 aliphatic heterocycles. The molecular formula is C21H24N4O. The Balaban J connectivity index is 1.44. The molecule has 0 atom stereocenters. The summed E-state index contributed by atoms with van der Waals surface area (Å²) in [4.78, 5) is 24.1. The molecule has 1 aliphatic rings. The fraction of sp³-hybridized carbons (Fsp3) is 0.333. The van der Waals surface area contributed by atoms with Crippen LogP contribution >= 0.6 is 0 Å². The number of aromatic amines is 1. The maximum Gasteiger partial charge on any atom is 0.251 e. The van der Waals surface area contributed by atoms with Crippen molar-refractivity contribution in [2.75, 3.05) is 31.1 Å². The summed E-state index contributed by atoms with van der Waals surface area (Å²) >= 11 is 0. The first-order chi connectivity index (χ1) is 12.7. The van der Waals surface area contributed by atoms with E-state index in [4.69, 9.17) is 0 Å². The van der Waals surface area contributed by atoms with Gasteiger partial charge in [0.2, 0.25) is 0 Å². The van der Waals surface area contributed by atoms with Gasteiger partial charge >= 0.3 is 0 Å². The Morgan fingerprint density at radius 1 is 1.12 bits per heavy atom. The van der Waals surface area contributed by atoms with Gasteiger partial charge in [-0.2, -0.15) is 0 Å². The molecule has 0 radical (unpaired) electrons. The SMILES string of the molecule is CCc1cc2ccc(CN3CCN(c4cccnc4)CC3)cc2[nH]c1=O. The van der Waals surface area contributed by atoms with Gasteiger partial charge in [0.15, 0.2) is 0 Å². The molecule has 3 aromatic rings. The van der Waals surface area contributed by atoms with Crippen LogP contribution in [-0.2, 0) is 13.0 Å². The summed E-state index contributed by atoms with van der Waals surface area (Å²) in [5.41, 5.74) is 4.24. The quantitative estimate of drug-likeness (QED) is 0.788. The van der Waals surface area contributed by atoms with E-state index in [1.807, 2.05) is 31.5 Å². The van der Waals surface area contributed by atoms with Crippen molar-refractivity contribution in [1.82, 2.24) is 14.9 Å². The molecule has 5 heteroatoms. The van der Waals surface area contributed by atoms with Crippen molar-refractivity contribution >= 4 is 16.6 Å². The monoisotopic (exact) mass is 348 g/mol. The molecule has 0 bridgehead atoms. The number of nitrogens with zero attached hydrogens (tertiary/aromatic N) is 3. The van der Waals surface area contributed by atoms with E-state index in [0.29, 0.717) is 0 Å². The zero-order valence-corrected chi connectivity index (χ0v) is 15.1. The highest BCUT2D eigenvalue weighted by Crippen LogP contribution is 2.18. The van der Waals surface area contributed by atoms with Crippen LogP contribution in [0.25, 0.3) is 10.9 Å². The van der Waals surface area contributed by atoms with E-state index in [1.165, 1.54) is 11.3 Å². The summed E-state index contributed by atoms with van der Waals surface area (Å²) in [5, 5.41) is 1.10. The maximum absolute atomic E-state index is 12.1. The van der Waals surface area contributed by atoms with Gasteiger partial charge in [-0.3, -0.25) is 14.7 Å². The Labute approximate surface area is 153 Å². The van der Waals surface area contributed by atoms with E-state index in [-0.39, 0.29) is 5.56 Å². The van der Waals surface area contributed by atoms with Gasteiger partial charge in [-0.25, -0.2) is 0 Å². The highest BCUT2D eigenvalue weighted by molar-refractivity contribution is 5.79. The minimum Gasteiger partial charge on any atom is -0.368 e. The van der Waals surface area contributed by atoms with E-state index >= 15 is 0 Å². The van der Waals surface area contributed by atoms with Crippen LogP contribution < -0.4 is 10.5 Å². The highest BCUT2D eigenvalue weighted by Gasteiger charge is 2.17. The van der Waals surface area contributed by atoms with Crippen molar-refractivity contribution in [3.8, 4) is 0 Å². The lowest BCUT2D eigenvalue weighted by atomic mass is 10.1. The summed E-state index contributed by atoms with van der Waals surface area (Å²) in [5.74, 6) is 0. The number of hydrogen-bond donors (Lipinski definition) is 1. The smallest absolute Gasteiger partial charge is 0.251 e. The maximum atomic E-state index is 12.1.